The number of carbonyl (C=O) groups excluding carboxylic acids is 1. The van der Waals surface area contributed by atoms with E-state index in [1.165, 1.54) is 0 Å². The molecule has 1 aromatic rings. The van der Waals surface area contributed by atoms with E-state index in [-0.39, 0.29) is 12.5 Å². The van der Waals surface area contributed by atoms with Crippen LogP contribution in [0.2, 0.25) is 5.02 Å². The van der Waals surface area contributed by atoms with E-state index in [1.807, 2.05) is 17.0 Å². The fourth-order valence-electron chi connectivity index (χ4n) is 2.65. The molecule has 0 saturated carbocycles. The van der Waals surface area contributed by atoms with E-state index >= 15 is 0 Å². The molecule has 4 nitrogen and oxygen atoms in total. The van der Waals surface area contributed by atoms with Crippen molar-refractivity contribution in [3.63, 3.8) is 0 Å². The van der Waals surface area contributed by atoms with Gasteiger partial charge in [-0.05, 0) is 44.5 Å². The summed E-state index contributed by atoms with van der Waals surface area (Å²) in [7, 11) is 0. The zero-order chi connectivity index (χ0) is 15.1. The molecule has 1 heterocycles. The summed E-state index contributed by atoms with van der Waals surface area (Å²) in [4.78, 5) is 14.4. The molecular weight excluding hydrogens is 288 g/mol. The van der Waals surface area contributed by atoms with Gasteiger partial charge in [-0.15, -0.1) is 0 Å². The number of hydrogen-bond donors (Lipinski definition) is 1. The zero-order valence-corrected chi connectivity index (χ0v) is 13.2. The van der Waals surface area contributed by atoms with E-state index in [0.29, 0.717) is 16.8 Å². The van der Waals surface area contributed by atoms with Gasteiger partial charge in [0.2, 0.25) is 0 Å². The lowest BCUT2D eigenvalue weighted by Gasteiger charge is -2.34. The van der Waals surface area contributed by atoms with E-state index in [0.717, 1.165) is 38.9 Å². The fraction of sp³-hybridized carbons (Fsp3) is 0.562. The average Bonchev–Trinajstić information content (AvgIpc) is 2.52. The first kappa shape index (κ1) is 16.1. The van der Waals surface area contributed by atoms with Crippen molar-refractivity contribution in [2.24, 2.45) is 0 Å². The van der Waals surface area contributed by atoms with Crippen LogP contribution in [0.4, 0.5) is 0 Å². The molecule has 1 aromatic carbocycles. The highest BCUT2D eigenvalue weighted by molar-refractivity contribution is 6.32. The maximum atomic E-state index is 12.5. The van der Waals surface area contributed by atoms with Crippen LogP contribution in [0.3, 0.4) is 0 Å². The summed E-state index contributed by atoms with van der Waals surface area (Å²) in [6.45, 7) is 4.88. The minimum atomic E-state index is 0.0451. The second kappa shape index (κ2) is 8.25. The molecule has 1 fully saturated rings. The van der Waals surface area contributed by atoms with Gasteiger partial charge in [0.25, 0.3) is 5.91 Å². The van der Waals surface area contributed by atoms with Crippen LogP contribution >= 0.6 is 11.6 Å². The third-order valence-corrected chi connectivity index (χ3v) is 4.03. The minimum absolute atomic E-state index is 0.0451. The first-order chi connectivity index (χ1) is 10.2. The molecule has 1 saturated heterocycles. The summed E-state index contributed by atoms with van der Waals surface area (Å²) in [5.74, 6) is 0.609. The van der Waals surface area contributed by atoms with Crippen LogP contribution < -0.4 is 10.1 Å². The number of nitrogens with one attached hydrogen (secondary N) is 1. The Morgan fingerprint density at radius 3 is 2.76 bits per heavy atom. The molecule has 1 aliphatic heterocycles. The van der Waals surface area contributed by atoms with Gasteiger partial charge in [0.1, 0.15) is 5.75 Å². The molecule has 5 heteroatoms. The van der Waals surface area contributed by atoms with Crippen molar-refractivity contribution < 1.29 is 9.53 Å². The lowest BCUT2D eigenvalue weighted by atomic mass is 10.0. The Balaban J connectivity index is 1.93. The number of piperidine rings is 1. The Kier molecular flexibility index (Phi) is 6.33. The summed E-state index contributed by atoms with van der Waals surface area (Å²) >= 11 is 6.04. The van der Waals surface area contributed by atoms with Gasteiger partial charge in [-0.25, -0.2) is 0 Å². The highest BCUT2D eigenvalue weighted by atomic mass is 35.5. The molecule has 0 bridgehead atoms. The Morgan fingerprint density at radius 2 is 2.10 bits per heavy atom. The summed E-state index contributed by atoms with van der Waals surface area (Å²) in [6, 6.07) is 7.56. The van der Waals surface area contributed by atoms with Crippen molar-refractivity contribution >= 4 is 17.5 Å². The molecule has 0 atom stereocenters. The third-order valence-electron chi connectivity index (χ3n) is 3.72. The van der Waals surface area contributed by atoms with Gasteiger partial charge in [-0.3, -0.25) is 4.79 Å². The van der Waals surface area contributed by atoms with Gasteiger partial charge in [0, 0.05) is 12.6 Å². The SMILES string of the molecule is CCCN(C(=O)COc1ccccc1Cl)C1CCNCC1. The van der Waals surface area contributed by atoms with Gasteiger partial charge in [-0.2, -0.15) is 0 Å². The Hall–Kier alpha value is -1.26. The number of ether oxygens (including phenoxy) is 1. The maximum Gasteiger partial charge on any atom is 0.260 e. The Bertz CT molecular complexity index is 461. The summed E-state index contributed by atoms with van der Waals surface area (Å²) < 4.78 is 5.58. The third kappa shape index (κ3) is 4.61. The molecule has 2 rings (SSSR count). The molecule has 116 valence electrons. The van der Waals surface area contributed by atoms with Crippen LogP contribution in [0, 0.1) is 0 Å². The highest BCUT2D eigenvalue weighted by Crippen LogP contribution is 2.23. The van der Waals surface area contributed by atoms with Gasteiger partial charge >= 0.3 is 0 Å². The van der Waals surface area contributed by atoms with Gasteiger partial charge in [0.05, 0.1) is 5.02 Å². The average molecular weight is 311 g/mol. The molecule has 0 radical (unpaired) electrons. The topological polar surface area (TPSA) is 41.6 Å². The molecule has 0 aromatic heterocycles. The fourth-order valence-corrected chi connectivity index (χ4v) is 2.84. The van der Waals surface area contributed by atoms with Gasteiger partial charge in [-0.1, -0.05) is 30.7 Å². The number of para-hydroxylation sites is 1. The molecule has 1 aliphatic rings. The predicted molar refractivity (Wildman–Crippen MR) is 84.8 cm³/mol. The molecule has 21 heavy (non-hydrogen) atoms. The molecule has 0 spiro atoms. The van der Waals surface area contributed by atoms with Crippen LogP contribution in [-0.2, 0) is 4.79 Å². The van der Waals surface area contributed by atoms with E-state index in [2.05, 4.69) is 12.2 Å². The normalized spacial score (nSPS) is 15.7. The summed E-state index contributed by atoms with van der Waals surface area (Å²) in [6.07, 6.45) is 2.98. The first-order valence-corrected chi connectivity index (χ1v) is 7.97. The van der Waals surface area contributed by atoms with E-state index in [9.17, 15) is 4.79 Å². The lowest BCUT2D eigenvalue weighted by molar-refractivity contribution is -0.136. The van der Waals surface area contributed by atoms with Crippen LogP contribution in [0.25, 0.3) is 0 Å². The highest BCUT2D eigenvalue weighted by Gasteiger charge is 2.24. The smallest absolute Gasteiger partial charge is 0.260 e. The van der Waals surface area contributed by atoms with Crippen molar-refractivity contribution in [3.8, 4) is 5.75 Å². The molecule has 1 N–H and O–H groups in total. The molecular formula is C16H23ClN2O2. The van der Waals surface area contributed by atoms with E-state index < -0.39 is 0 Å². The minimum Gasteiger partial charge on any atom is -0.482 e. The van der Waals surface area contributed by atoms with E-state index in [4.69, 9.17) is 16.3 Å². The summed E-state index contributed by atoms with van der Waals surface area (Å²) in [5, 5.41) is 3.87. The van der Waals surface area contributed by atoms with Crippen molar-refractivity contribution in [1.82, 2.24) is 10.2 Å². The number of halogens is 1. The number of amides is 1. The monoisotopic (exact) mass is 310 g/mol. The number of benzene rings is 1. The summed E-state index contributed by atoms with van der Waals surface area (Å²) in [5.41, 5.74) is 0. The molecule has 0 aliphatic carbocycles. The van der Waals surface area contributed by atoms with Crippen molar-refractivity contribution in [2.75, 3.05) is 26.2 Å². The zero-order valence-electron chi connectivity index (χ0n) is 12.5. The van der Waals surface area contributed by atoms with Crippen molar-refractivity contribution in [3.05, 3.63) is 29.3 Å². The van der Waals surface area contributed by atoms with Crippen LogP contribution in [0.1, 0.15) is 26.2 Å². The maximum absolute atomic E-state index is 12.5. The number of hydrogen-bond acceptors (Lipinski definition) is 3. The standard InChI is InChI=1S/C16H23ClN2O2/c1-2-11-19(13-7-9-18-10-8-13)16(20)12-21-15-6-4-3-5-14(15)17/h3-6,13,18H,2,7-12H2,1H3. The van der Waals surface area contributed by atoms with Crippen molar-refractivity contribution in [1.29, 1.82) is 0 Å². The van der Waals surface area contributed by atoms with Gasteiger partial charge < -0.3 is 15.0 Å². The Labute approximate surface area is 131 Å². The second-order valence-electron chi connectivity index (χ2n) is 5.29. The second-order valence-corrected chi connectivity index (χ2v) is 5.69. The van der Waals surface area contributed by atoms with Crippen LogP contribution in [0.5, 0.6) is 5.75 Å². The van der Waals surface area contributed by atoms with E-state index in [1.54, 1.807) is 12.1 Å². The first-order valence-electron chi connectivity index (χ1n) is 7.60. The lowest BCUT2D eigenvalue weighted by Crippen LogP contribution is -2.48. The van der Waals surface area contributed by atoms with Crippen LogP contribution in [-0.4, -0.2) is 43.1 Å². The number of nitrogens with zero attached hydrogens (tertiary/aromatic N) is 1. The number of rotatable bonds is 6. The largest absolute Gasteiger partial charge is 0.482 e. The molecule has 0 unspecified atom stereocenters. The number of carbonyl (C=O) groups is 1. The van der Waals surface area contributed by atoms with Crippen molar-refractivity contribution in [2.45, 2.75) is 32.2 Å². The molecule has 1 amide bonds. The predicted octanol–water partition coefficient (Wildman–Crippen LogP) is 2.71. The Morgan fingerprint density at radius 1 is 1.38 bits per heavy atom. The van der Waals surface area contributed by atoms with Crippen LogP contribution in [0.15, 0.2) is 24.3 Å². The quantitative estimate of drug-likeness (QED) is 0.878. The van der Waals surface area contributed by atoms with Gasteiger partial charge in [0.15, 0.2) is 6.61 Å².